The van der Waals surface area contributed by atoms with E-state index in [-0.39, 0.29) is 11.7 Å². The third-order valence-corrected chi connectivity index (χ3v) is 4.82. The number of methoxy groups -OCH3 is 1. The molecule has 1 aromatic rings. The number of carbonyl (C=O) groups is 1. The molecule has 0 radical (unpaired) electrons. The lowest BCUT2D eigenvalue weighted by Crippen LogP contribution is -2.43. The van der Waals surface area contributed by atoms with Gasteiger partial charge in [0.2, 0.25) is 0 Å². The minimum Gasteiger partial charge on any atom is -0.504 e. The molecule has 0 amide bonds. The van der Waals surface area contributed by atoms with E-state index in [0.29, 0.717) is 24.9 Å². The number of hydrogen-bond acceptors (Lipinski definition) is 4. The molecule has 1 saturated heterocycles. The maximum absolute atomic E-state index is 11.2. The van der Waals surface area contributed by atoms with Gasteiger partial charge in [-0.25, -0.2) is 0 Å². The van der Waals surface area contributed by atoms with Gasteiger partial charge in [-0.15, -0.1) is 0 Å². The van der Waals surface area contributed by atoms with Crippen molar-refractivity contribution >= 4 is 21.9 Å². The summed E-state index contributed by atoms with van der Waals surface area (Å²) in [6, 6.07) is 3.73. The summed E-state index contributed by atoms with van der Waals surface area (Å²) in [6.45, 7) is 3.24. The van der Waals surface area contributed by atoms with Crippen LogP contribution in [-0.2, 0) is 11.3 Å². The zero-order valence-electron chi connectivity index (χ0n) is 12.2. The molecular weight excluding hydrogens is 338 g/mol. The van der Waals surface area contributed by atoms with Crippen LogP contribution in [0.5, 0.6) is 11.5 Å². The Balaban J connectivity index is 2.16. The summed E-state index contributed by atoms with van der Waals surface area (Å²) in [7, 11) is 1.51. The van der Waals surface area contributed by atoms with E-state index in [1.807, 2.05) is 0 Å². The topological polar surface area (TPSA) is 70.0 Å². The van der Waals surface area contributed by atoms with Gasteiger partial charge in [0.1, 0.15) is 0 Å². The molecule has 1 fully saturated rings. The Bertz CT molecular complexity index is 535. The van der Waals surface area contributed by atoms with E-state index >= 15 is 0 Å². The van der Waals surface area contributed by atoms with E-state index in [0.717, 1.165) is 22.9 Å². The molecule has 2 rings (SSSR count). The smallest absolute Gasteiger partial charge is 0.307 e. The first kappa shape index (κ1) is 16.1. The molecule has 2 atom stereocenters. The Morgan fingerprint density at radius 1 is 1.48 bits per heavy atom. The van der Waals surface area contributed by atoms with Crippen LogP contribution in [0.15, 0.2) is 16.6 Å². The Kier molecular flexibility index (Phi) is 5.11. The summed E-state index contributed by atoms with van der Waals surface area (Å²) >= 11 is 3.48. The fraction of sp³-hybridized carbons (Fsp3) is 0.533. The molecule has 5 nitrogen and oxygen atoms in total. The van der Waals surface area contributed by atoms with Gasteiger partial charge < -0.3 is 14.9 Å². The number of ether oxygens (including phenoxy) is 1. The van der Waals surface area contributed by atoms with Crippen LogP contribution >= 0.6 is 15.9 Å². The first-order valence-corrected chi connectivity index (χ1v) is 7.74. The SMILES string of the molecule is COc1cc(Br)c(CN2CC(C(=O)O)CCC2C)cc1O. The second-order valence-corrected chi connectivity index (χ2v) is 6.36. The van der Waals surface area contributed by atoms with Gasteiger partial charge in [0.05, 0.1) is 13.0 Å². The minimum atomic E-state index is -0.733. The van der Waals surface area contributed by atoms with E-state index in [2.05, 4.69) is 27.8 Å². The highest BCUT2D eigenvalue weighted by Crippen LogP contribution is 2.34. The number of phenolic OH excluding ortho intramolecular Hbond substituents is 1. The predicted molar refractivity (Wildman–Crippen MR) is 82.6 cm³/mol. The lowest BCUT2D eigenvalue weighted by molar-refractivity contribution is -0.144. The van der Waals surface area contributed by atoms with Gasteiger partial charge >= 0.3 is 5.97 Å². The standard InChI is InChI=1S/C15H20BrNO4/c1-9-3-4-10(15(19)20)7-17(9)8-11-5-13(18)14(21-2)6-12(11)16/h5-6,9-10,18H,3-4,7-8H2,1-2H3,(H,19,20). The number of rotatable bonds is 4. The number of likely N-dealkylation sites (tertiary alicyclic amines) is 1. The molecule has 6 heteroatoms. The van der Waals surface area contributed by atoms with Gasteiger partial charge in [0.15, 0.2) is 11.5 Å². The molecule has 1 aromatic carbocycles. The van der Waals surface area contributed by atoms with E-state index < -0.39 is 5.97 Å². The predicted octanol–water partition coefficient (Wildman–Crippen LogP) is 2.85. The van der Waals surface area contributed by atoms with Crippen molar-refractivity contribution in [2.24, 2.45) is 5.92 Å². The number of aliphatic carboxylic acids is 1. The van der Waals surface area contributed by atoms with Crippen molar-refractivity contribution in [3.8, 4) is 11.5 Å². The zero-order valence-corrected chi connectivity index (χ0v) is 13.8. The van der Waals surface area contributed by atoms with Crippen LogP contribution in [0, 0.1) is 5.92 Å². The van der Waals surface area contributed by atoms with E-state index in [1.165, 1.54) is 7.11 Å². The minimum absolute atomic E-state index is 0.0927. The number of phenols is 1. The maximum atomic E-state index is 11.2. The Morgan fingerprint density at radius 3 is 2.81 bits per heavy atom. The molecule has 0 aromatic heterocycles. The molecule has 0 bridgehead atoms. The largest absolute Gasteiger partial charge is 0.504 e. The number of carboxylic acid groups (broad SMARTS) is 1. The van der Waals surface area contributed by atoms with Crippen LogP contribution in [0.25, 0.3) is 0 Å². The van der Waals surface area contributed by atoms with Crippen LogP contribution in [0.4, 0.5) is 0 Å². The molecular formula is C15H20BrNO4. The number of benzene rings is 1. The van der Waals surface area contributed by atoms with Crippen molar-refractivity contribution in [1.29, 1.82) is 0 Å². The quantitative estimate of drug-likeness (QED) is 0.866. The van der Waals surface area contributed by atoms with Crippen LogP contribution in [0.3, 0.4) is 0 Å². The highest BCUT2D eigenvalue weighted by Gasteiger charge is 2.30. The summed E-state index contributed by atoms with van der Waals surface area (Å²) < 4.78 is 5.92. The molecule has 116 valence electrons. The average molecular weight is 358 g/mol. The van der Waals surface area contributed by atoms with Crippen molar-refractivity contribution in [2.45, 2.75) is 32.4 Å². The number of hydrogen-bond donors (Lipinski definition) is 2. The van der Waals surface area contributed by atoms with Crippen molar-refractivity contribution in [1.82, 2.24) is 4.90 Å². The van der Waals surface area contributed by atoms with E-state index in [4.69, 9.17) is 4.74 Å². The lowest BCUT2D eigenvalue weighted by Gasteiger charge is -2.36. The van der Waals surface area contributed by atoms with Crippen LogP contribution in [0.2, 0.25) is 0 Å². The van der Waals surface area contributed by atoms with Crippen LogP contribution in [-0.4, -0.2) is 40.8 Å². The maximum Gasteiger partial charge on any atom is 0.307 e. The number of aromatic hydroxyl groups is 1. The summed E-state index contributed by atoms with van der Waals surface area (Å²) in [6.07, 6.45) is 1.60. The van der Waals surface area contributed by atoms with Gasteiger partial charge in [-0.05, 0) is 37.5 Å². The number of nitrogens with zero attached hydrogens (tertiary/aromatic N) is 1. The fourth-order valence-electron chi connectivity index (χ4n) is 2.69. The van der Waals surface area contributed by atoms with Gasteiger partial charge in [-0.3, -0.25) is 9.69 Å². The molecule has 0 aliphatic carbocycles. The van der Waals surface area contributed by atoms with E-state index in [1.54, 1.807) is 12.1 Å². The van der Waals surface area contributed by atoms with Crippen molar-refractivity contribution in [3.05, 3.63) is 22.2 Å². The Labute approximate surface area is 132 Å². The zero-order chi connectivity index (χ0) is 15.6. The summed E-state index contributed by atoms with van der Waals surface area (Å²) in [5.74, 6) is -0.536. The van der Waals surface area contributed by atoms with Gasteiger partial charge in [-0.2, -0.15) is 0 Å². The molecule has 2 N–H and O–H groups in total. The van der Waals surface area contributed by atoms with Crippen molar-refractivity contribution < 1.29 is 19.7 Å². The Hall–Kier alpha value is -1.27. The van der Waals surface area contributed by atoms with Crippen LogP contribution in [0.1, 0.15) is 25.3 Å². The van der Waals surface area contributed by atoms with Gasteiger partial charge in [0.25, 0.3) is 0 Å². The number of halogens is 1. The summed E-state index contributed by atoms with van der Waals surface area (Å²) in [5.41, 5.74) is 0.922. The summed E-state index contributed by atoms with van der Waals surface area (Å²) in [4.78, 5) is 13.3. The molecule has 0 saturated carbocycles. The first-order valence-electron chi connectivity index (χ1n) is 6.94. The number of piperidine rings is 1. The third-order valence-electron chi connectivity index (χ3n) is 4.08. The third kappa shape index (κ3) is 3.68. The normalized spacial score (nSPS) is 23.0. The molecule has 0 spiro atoms. The molecule has 21 heavy (non-hydrogen) atoms. The highest BCUT2D eigenvalue weighted by molar-refractivity contribution is 9.10. The van der Waals surface area contributed by atoms with Gasteiger partial charge in [-0.1, -0.05) is 15.9 Å². The highest BCUT2D eigenvalue weighted by atomic mass is 79.9. The first-order chi connectivity index (χ1) is 9.92. The Morgan fingerprint density at radius 2 is 2.19 bits per heavy atom. The van der Waals surface area contributed by atoms with Crippen LogP contribution < -0.4 is 4.74 Å². The molecule has 2 unspecified atom stereocenters. The van der Waals surface area contributed by atoms with Crippen molar-refractivity contribution in [3.63, 3.8) is 0 Å². The summed E-state index contributed by atoms with van der Waals surface area (Å²) in [5, 5.41) is 19.1. The monoisotopic (exact) mass is 357 g/mol. The lowest BCUT2D eigenvalue weighted by atomic mass is 9.93. The second kappa shape index (κ2) is 6.66. The molecule has 1 aliphatic heterocycles. The van der Waals surface area contributed by atoms with Crippen molar-refractivity contribution in [2.75, 3.05) is 13.7 Å². The average Bonchev–Trinajstić information content (AvgIpc) is 2.44. The number of carboxylic acids is 1. The van der Waals surface area contributed by atoms with E-state index in [9.17, 15) is 15.0 Å². The molecule has 1 aliphatic rings. The second-order valence-electron chi connectivity index (χ2n) is 5.51. The molecule has 1 heterocycles. The van der Waals surface area contributed by atoms with Gasteiger partial charge in [0, 0.05) is 23.6 Å². The fourth-order valence-corrected chi connectivity index (χ4v) is 3.14.